The molecule has 0 aromatic rings. The van der Waals surface area contributed by atoms with Crippen LogP contribution in [0.4, 0.5) is 0 Å². The van der Waals surface area contributed by atoms with E-state index in [1.165, 1.54) is 32.4 Å². The third-order valence-corrected chi connectivity index (χ3v) is 4.14. The molecule has 0 radical (unpaired) electrons. The van der Waals surface area contributed by atoms with Gasteiger partial charge in [0.2, 0.25) is 0 Å². The third kappa shape index (κ3) is 1.63. The van der Waals surface area contributed by atoms with Gasteiger partial charge in [-0.1, -0.05) is 20.8 Å². The van der Waals surface area contributed by atoms with E-state index >= 15 is 0 Å². The van der Waals surface area contributed by atoms with Crippen molar-refractivity contribution in [2.45, 2.75) is 40.0 Å². The van der Waals surface area contributed by atoms with Gasteiger partial charge >= 0.3 is 0 Å². The highest BCUT2D eigenvalue weighted by molar-refractivity contribution is 5.01. The molecular formula is C12H23N. The van der Waals surface area contributed by atoms with Gasteiger partial charge in [-0.2, -0.15) is 0 Å². The largest absolute Gasteiger partial charge is 0.305 e. The van der Waals surface area contributed by atoms with Crippen LogP contribution in [0.3, 0.4) is 0 Å². The summed E-state index contributed by atoms with van der Waals surface area (Å²) in [6, 6.07) is 0. The highest BCUT2D eigenvalue weighted by Crippen LogP contribution is 2.52. The Labute approximate surface area is 82.5 Å². The molecule has 1 heterocycles. The van der Waals surface area contributed by atoms with Crippen molar-refractivity contribution in [3.05, 3.63) is 0 Å². The molecule has 0 amide bonds. The fourth-order valence-corrected chi connectivity index (χ4v) is 3.33. The molecule has 1 heteroatoms. The van der Waals surface area contributed by atoms with Crippen molar-refractivity contribution < 1.29 is 0 Å². The number of nitrogens with zero attached hydrogens (tertiary/aromatic N) is 1. The molecule has 1 aliphatic carbocycles. The molecule has 1 saturated carbocycles. The van der Waals surface area contributed by atoms with Crippen LogP contribution in [-0.4, -0.2) is 25.0 Å². The summed E-state index contributed by atoms with van der Waals surface area (Å²) in [7, 11) is 2.25. The van der Waals surface area contributed by atoms with Gasteiger partial charge in [0.05, 0.1) is 0 Å². The van der Waals surface area contributed by atoms with E-state index < -0.39 is 0 Å². The van der Waals surface area contributed by atoms with Crippen LogP contribution in [0, 0.1) is 16.7 Å². The van der Waals surface area contributed by atoms with E-state index in [1.54, 1.807) is 0 Å². The first-order chi connectivity index (χ1) is 5.91. The predicted octanol–water partition coefficient (Wildman–Crippen LogP) is 2.76. The molecule has 1 spiro atoms. The maximum absolute atomic E-state index is 2.46. The van der Waals surface area contributed by atoms with Gasteiger partial charge in [0.15, 0.2) is 0 Å². The molecule has 1 saturated heterocycles. The summed E-state index contributed by atoms with van der Waals surface area (Å²) in [5, 5.41) is 0. The zero-order chi connectivity index (χ0) is 9.69. The second-order valence-electron chi connectivity index (χ2n) is 6.48. The van der Waals surface area contributed by atoms with E-state index in [0.717, 1.165) is 11.3 Å². The smallest absolute Gasteiger partial charge is 0.00475 e. The third-order valence-electron chi connectivity index (χ3n) is 4.14. The Hall–Kier alpha value is -0.0400. The minimum atomic E-state index is 0.539. The molecule has 0 bridgehead atoms. The van der Waals surface area contributed by atoms with Gasteiger partial charge in [0.25, 0.3) is 0 Å². The van der Waals surface area contributed by atoms with Crippen LogP contribution in [-0.2, 0) is 0 Å². The minimum absolute atomic E-state index is 0.539. The molecule has 13 heavy (non-hydrogen) atoms. The van der Waals surface area contributed by atoms with E-state index in [4.69, 9.17) is 0 Å². The average Bonchev–Trinajstić information content (AvgIpc) is 2.29. The Kier molecular flexibility index (Phi) is 1.99. The van der Waals surface area contributed by atoms with Crippen molar-refractivity contribution >= 4 is 0 Å². The molecule has 2 rings (SSSR count). The Morgan fingerprint density at radius 1 is 1.23 bits per heavy atom. The maximum atomic E-state index is 2.46. The lowest BCUT2D eigenvalue weighted by molar-refractivity contribution is 0.0195. The lowest BCUT2D eigenvalue weighted by Gasteiger charge is -2.47. The normalized spacial score (nSPS) is 33.7. The van der Waals surface area contributed by atoms with Crippen molar-refractivity contribution in [2.75, 3.05) is 20.1 Å². The van der Waals surface area contributed by atoms with E-state index in [-0.39, 0.29) is 0 Å². The lowest BCUT2D eigenvalue weighted by Crippen LogP contribution is -2.52. The highest BCUT2D eigenvalue weighted by atomic mass is 15.2. The first kappa shape index (κ1) is 9.51. The Morgan fingerprint density at radius 2 is 1.85 bits per heavy atom. The van der Waals surface area contributed by atoms with Crippen LogP contribution in [0.1, 0.15) is 40.0 Å². The van der Waals surface area contributed by atoms with Crippen molar-refractivity contribution in [1.29, 1.82) is 0 Å². The van der Waals surface area contributed by atoms with Crippen LogP contribution in [0.15, 0.2) is 0 Å². The van der Waals surface area contributed by atoms with Crippen LogP contribution in [0.2, 0.25) is 0 Å². The first-order valence-corrected chi connectivity index (χ1v) is 5.60. The highest BCUT2D eigenvalue weighted by Gasteiger charge is 2.48. The lowest BCUT2D eigenvalue weighted by atomic mass is 9.73. The van der Waals surface area contributed by atoms with Crippen LogP contribution in [0.5, 0.6) is 0 Å². The maximum Gasteiger partial charge on any atom is 0.00475 e. The van der Waals surface area contributed by atoms with Gasteiger partial charge in [-0.15, -0.1) is 0 Å². The topological polar surface area (TPSA) is 3.24 Å². The van der Waals surface area contributed by atoms with E-state index in [2.05, 4.69) is 32.7 Å². The summed E-state index contributed by atoms with van der Waals surface area (Å²) < 4.78 is 0. The van der Waals surface area contributed by atoms with Gasteiger partial charge in [0, 0.05) is 13.1 Å². The predicted molar refractivity (Wildman–Crippen MR) is 56.7 cm³/mol. The SMILES string of the molecule is CN1CC2(CCC(C(C)(C)C)C2)C1. The molecule has 2 aliphatic rings. The Morgan fingerprint density at radius 3 is 2.23 bits per heavy atom. The zero-order valence-corrected chi connectivity index (χ0v) is 9.56. The Balaban J connectivity index is 1.95. The van der Waals surface area contributed by atoms with Crippen molar-refractivity contribution in [3.8, 4) is 0 Å². The molecule has 1 aliphatic heterocycles. The number of hydrogen-bond donors (Lipinski definition) is 0. The van der Waals surface area contributed by atoms with Gasteiger partial charge in [-0.25, -0.2) is 0 Å². The van der Waals surface area contributed by atoms with E-state index in [9.17, 15) is 0 Å². The summed E-state index contributed by atoms with van der Waals surface area (Å²) in [4.78, 5) is 2.46. The number of likely N-dealkylation sites (tertiary alicyclic amines) is 1. The number of rotatable bonds is 0. The van der Waals surface area contributed by atoms with Crippen LogP contribution >= 0.6 is 0 Å². The van der Waals surface area contributed by atoms with Gasteiger partial charge in [-0.3, -0.25) is 0 Å². The second kappa shape index (κ2) is 2.73. The fourth-order valence-electron chi connectivity index (χ4n) is 3.33. The molecule has 76 valence electrons. The van der Waals surface area contributed by atoms with Gasteiger partial charge < -0.3 is 4.90 Å². The second-order valence-corrected chi connectivity index (χ2v) is 6.48. The monoisotopic (exact) mass is 181 g/mol. The fraction of sp³-hybridized carbons (Fsp3) is 1.00. The summed E-state index contributed by atoms with van der Waals surface area (Å²) in [6.07, 6.45) is 4.44. The van der Waals surface area contributed by atoms with Gasteiger partial charge in [0.1, 0.15) is 0 Å². The first-order valence-electron chi connectivity index (χ1n) is 5.60. The van der Waals surface area contributed by atoms with Crippen molar-refractivity contribution in [1.82, 2.24) is 4.90 Å². The van der Waals surface area contributed by atoms with Crippen molar-refractivity contribution in [2.24, 2.45) is 16.7 Å². The standard InChI is InChI=1S/C12H23N/c1-11(2,3)10-5-6-12(7-10)8-13(4)9-12/h10H,5-9H2,1-4H3. The molecule has 0 aromatic heterocycles. The summed E-state index contributed by atoms with van der Waals surface area (Å²) >= 11 is 0. The molecule has 0 aromatic carbocycles. The van der Waals surface area contributed by atoms with E-state index in [1.807, 2.05) is 0 Å². The molecular weight excluding hydrogens is 158 g/mol. The molecule has 1 atom stereocenters. The van der Waals surface area contributed by atoms with Gasteiger partial charge in [-0.05, 0) is 43.1 Å². The molecule has 0 N–H and O–H groups in total. The zero-order valence-electron chi connectivity index (χ0n) is 9.56. The van der Waals surface area contributed by atoms with Crippen LogP contribution in [0.25, 0.3) is 0 Å². The number of hydrogen-bond acceptors (Lipinski definition) is 1. The average molecular weight is 181 g/mol. The van der Waals surface area contributed by atoms with Crippen LogP contribution < -0.4 is 0 Å². The quantitative estimate of drug-likeness (QED) is 0.555. The minimum Gasteiger partial charge on any atom is -0.305 e. The van der Waals surface area contributed by atoms with Crippen molar-refractivity contribution in [3.63, 3.8) is 0 Å². The molecule has 1 unspecified atom stereocenters. The summed E-state index contributed by atoms with van der Waals surface area (Å²) in [6.45, 7) is 9.93. The molecule has 2 fully saturated rings. The summed E-state index contributed by atoms with van der Waals surface area (Å²) in [5.74, 6) is 0.973. The molecule has 1 nitrogen and oxygen atoms in total. The van der Waals surface area contributed by atoms with E-state index in [0.29, 0.717) is 5.41 Å². The Bertz CT molecular complexity index is 196. The summed E-state index contributed by atoms with van der Waals surface area (Å²) in [5.41, 5.74) is 1.28.